The Morgan fingerprint density at radius 2 is 2.24 bits per heavy atom. The molecule has 0 saturated carbocycles. The molecule has 0 amide bonds. The molecular formula is C16H19NO3S. The van der Waals surface area contributed by atoms with E-state index in [1.54, 1.807) is 5.38 Å². The monoisotopic (exact) mass is 305 g/mol. The zero-order chi connectivity index (χ0) is 15.2. The predicted molar refractivity (Wildman–Crippen MR) is 83.2 cm³/mol. The third-order valence-corrected chi connectivity index (χ3v) is 4.00. The highest BCUT2D eigenvalue weighted by atomic mass is 32.1. The Kier molecular flexibility index (Phi) is 5.33. The second-order valence-electron chi connectivity index (χ2n) is 5.13. The molecule has 0 aliphatic heterocycles. The summed E-state index contributed by atoms with van der Waals surface area (Å²) >= 11 is 1.48. The number of aromatic nitrogens is 1. The Bertz CT molecular complexity index is 607. The third-order valence-electron chi connectivity index (χ3n) is 3.04. The van der Waals surface area contributed by atoms with Crippen molar-refractivity contribution < 1.29 is 14.6 Å². The number of carboxylic acid groups (broad SMARTS) is 1. The molecule has 21 heavy (non-hydrogen) atoms. The van der Waals surface area contributed by atoms with Crippen molar-refractivity contribution >= 4 is 17.3 Å². The first-order valence-electron chi connectivity index (χ1n) is 6.92. The lowest BCUT2D eigenvalue weighted by atomic mass is 10.0. The molecule has 5 heteroatoms. The lowest BCUT2D eigenvalue weighted by molar-refractivity contribution is -0.136. The van der Waals surface area contributed by atoms with Gasteiger partial charge in [0.05, 0.1) is 23.7 Å². The van der Waals surface area contributed by atoms with Crippen molar-refractivity contribution in [3.8, 4) is 5.75 Å². The fourth-order valence-electron chi connectivity index (χ4n) is 1.92. The number of nitrogens with zero attached hydrogens (tertiary/aromatic N) is 1. The highest BCUT2D eigenvalue weighted by Gasteiger charge is 2.06. The molecule has 0 radical (unpaired) electrons. The first-order valence-corrected chi connectivity index (χ1v) is 7.80. The van der Waals surface area contributed by atoms with E-state index < -0.39 is 5.97 Å². The molecule has 0 aliphatic rings. The van der Waals surface area contributed by atoms with Gasteiger partial charge in [-0.3, -0.25) is 4.79 Å². The Balaban J connectivity index is 1.85. The van der Waals surface area contributed by atoms with Gasteiger partial charge in [-0.05, 0) is 23.6 Å². The fraction of sp³-hybridized carbons (Fsp3) is 0.375. The van der Waals surface area contributed by atoms with Gasteiger partial charge in [-0.2, -0.15) is 0 Å². The van der Waals surface area contributed by atoms with Crippen molar-refractivity contribution in [2.45, 2.75) is 32.6 Å². The number of ether oxygens (including phenoxy) is 1. The van der Waals surface area contributed by atoms with Gasteiger partial charge in [0.25, 0.3) is 0 Å². The third kappa shape index (κ3) is 4.86. The predicted octanol–water partition coefficient (Wildman–Crippen LogP) is 3.52. The fourth-order valence-corrected chi connectivity index (χ4v) is 2.70. The van der Waals surface area contributed by atoms with Crippen LogP contribution in [0.1, 0.15) is 36.0 Å². The van der Waals surface area contributed by atoms with E-state index in [-0.39, 0.29) is 6.42 Å². The van der Waals surface area contributed by atoms with Crippen LogP contribution in [0.3, 0.4) is 0 Å². The Labute approximate surface area is 128 Å². The second kappa shape index (κ2) is 7.22. The summed E-state index contributed by atoms with van der Waals surface area (Å²) in [5.41, 5.74) is 1.87. The number of rotatable bonds is 7. The number of aliphatic carboxylic acids is 1. The van der Waals surface area contributed by atoms with Crippen LogP contribution in [0.4, 0.5) is 0 Å². The van der Waals surface area contributed by atoms with E-state index in [4.69, 9.17) is 9.84 Å². The van der Waals surface area contributed by atoms with E-state index in [9.17, 15) is 4.79 Å². The summed E-state index contributed by atoms with van der Waals surface area (Å²) in [5, 5.41) is 11.4. The summed E-state index contributed by atoms with van der Waals surface area (Å²) in [6.45, 7) is 4.85. The van der Waals surface area contributed by atoms with Gasteiger partial charge < -0.3 is 9.84 Å². The van der Waals surface area contributed by atoms with Gasteiger partial charge in [0.2, 0.25) is 0 Å². The van der Waals surface area contributed by atoms with Gasteiger partial charge in [0.1, 0.15) is 5.75 Å². The maximum Gasteiger partial charge on any atom is 0.309 e. The Morgan fingerprint density at radius 3 is 2.95 bits per heavy atom. The normalized spacial score (nSPS) is 10.8. The van der Waals surface area contributed by atoms with Crippen molar-refractivity contribution in [1.29, 1.82) is 0 Å². The molecule has 2 rings (SSSR count). The van der Waals surface area contributed by atoms with Crippen molar-refractivity contribution in [1.82, 2.24) is 4.98 Å². The van der Waals surface area contributed by atoms with E-state index in [2.05, 4.69) is 31.0 Å². The minimum Gasteiger partial charge on any atom is -0.493 e. The molecule has 0 spiro atoms. The number of carboxylic acids is 1. The van der Waals surface area contributed by atoms with E-state index in [1.807, 2.05) is 12.1 Å². The highest BCUT2D eigenvalue weighted by molar-refractivity contribution is 7.09. The molecule has 0 aliphatic carbocycles. The maximum atomic E-state index is 10.6. The first kappa shape index (κ1) is 15.5. The molecule has 1 heterocycles. The van der Waals surface area contributed by atoms with Crippen LogP contribution in [0.2, 0.25) is 0 Å². The zero-order valence-electron chi connectivity index (χ0n) is 12.2. The minimum atomic E-state index is -0.853. The zero-order valence-corrected chi connectivity index (χ0v) is 13.0. The molecule has 112 valence electrons. The smallest absolute Gasteiger partial charge is 0.309 e. The summed E-state index contributed by atoms with van der Waals surface area (Å²) < 4.78 is 5.74. The van der Waals surface area contributed by atoms with Gasteiger partial charge >= 0.3 is 5.97 Å². The van der Waals surface area contributed by atoms with Crippen molar-refractivity contribution in [3.05, 3.63) is 45.9 Å². The van der Waals surface area contributed by atoms with Gasteiger partial charge in [0, 0.05) is 11.8 Å². The van der Waals surface area contributed by atoms with E-state index in [0.29, 0.717) is 24.6 Å². The topological polar surface area (TPSA) is 59.4 Å². The largest absolute Gasteiger partial charge is 0.493 e. The maximum absolute atomic E-state index is 10.6. The molecule has 2 aromatic rings. The Hall–Kier alpha value is -1.88. The van der Waals surface area contributed by atoms with E-state index in [0.717, 1.165) is 10.8 Å². The van der Waals surface area contributed by atoms with Crippen molar-refractivity contribution in [3.63, 3.8) is 0 Å². The highest BCUT2D eigenvalue weighted by Crippen LogP contribution is 2.20. The number of benzene rings is 1. The molecule has 1 aromatic carbocycles. The van der Waals surface area contributed by atoms with Crippen molar-refractivity contribution in [2.75, 3.05) is 6.61 Å². The number of hydrogen-bond donors (Lipinski definition) is 1. The van der Waals surface area contributed by atoms with Crippen LogP contribution in [0, 0.1) is 0 Å². The summed E-state index contributed by atoms with van der Waals surface area (Å²) in [6.07, 6.45) is 0.671. The lowest BCUT2D eigenvalue weighted by Crippen LogP contribution is -2.03. The van der Waals surface area contributed by atoms with E-state index >= 15 is 0 Å². The summed E-state index contributed by atoms with van der Waals surface area (Å²) in [6, 6.07) is 8.10. The van der Waals surface area contributed by atoms with Crippen LogP contribution in [-0.4, -0.2) is 22.7 Å². The van der Waals surface area contributed by atoms with Crippen LogP contribution in [0.25, 0.3) is 0 Å². The quantitative estimate of drug-likeness (QED) is 0.850. The van der Waals surface area contributed by atoms with E-state index in [1.165, 1.54) is 16.9 Å². The molecular weight excluding hydrogens is 286 g/mol. The first-order chi connectivity index (χ1) is 10.0. The van der Waals surface area contributed by atoms with Crippen LogP contribution in [0.15, 0.2) is 29.6 Å². The standard InChI is InChI=1S/C16H19NO3S/c1-11(2)12-4-3-5-14(8-12)20-7-6-15-17-13(10-21-15)9-16(18)19/h3-5,8,10-11H,6-7,9H2,1-2H3,(H,18,19). The summed E-state index contributed by atoms with van der Waals surface area (Å²) in [5.74, 6) is 0.489. The lowest BCUT2D eigenvalue weighted by Gasteiger charge is -2.09. The second-order valence-corrected chi connectivity index (χ2v) is 6.07. The molecule has 0 bridgehead atoms. The molecule has 4 nitrogen and oxygen atoms in total. The average Bonchev–Trinajstić information content (AvgIpc) is 2.86. The van der Waals surface area contributed by atoms with Gasteiger partial charge in [-0.1, -0.05) is 26.0 Å². The van der Waals surface area contributed by atoms with Crippen LogP contribution < -0.4 is 4.74 Å². The molecule has 1 aromatic heterocycles. The van der Waals surface area contributed by atoms with Gasteiger partial charge in [-0.25, -0.2) is 4.98 Å². The van der Waals surface area contributed by atoms with Crippen LogP contribution in [-0.2, 0) is 17.6 Å². The number of hydrogen-bond acceptors (Lipinski definition) is 4. The number of carbonyl (C=O) groups is 1. The van der Waals surface area contributed by atoms with Crippen LogP contribution >= 0.6 is 11.3 Å². The van der Waals surface area contributed by atoms with Gasteiger partial charge in [0.15, 0.2) is 0 Å². The molecule has 0 atom stereocenters. The average molecular weight is 305 g/mol. The SMILES string of the molecule is CC(C)c1cccc(OCCc2nc(CC(=O)O)cs2)c1. The Morgan fingerprint density at radius 1 is 1.43 bits per heavy atom. The summed E-state index contributed by atoms with van der Waals surface area (Å²) in [4.78, 5) is 14.9. The van der Waals surface area contributed by atoms with Gasteiger partial charge in [-0.15, -0.1) is 11.3 Å². The molecule has 0 saturated heterocycles. The molecule has 0 fully saturated rings. The number of thiazole rings is 1. The van der Waals surface area contributed by atoms with Crippen molar-refractivity contribution in [2.24, 2.45) is 0 Å². The summed E-state index contributed by atoms with van der Waals surface area (Å²) in [7, 11) is 0. The molecule has 0 unspecified atom stereocenters. The molecule has 1 N–H and O–H groups in total. The van der Waals surface area contributed by atoms with Crippen LogP contribution in [0.5, 0.6) is 5.75 Å². The minimum absolute atomic E-state index is 0.0200.